The van der Waals surface area contributed by atoms with Crippen molar-refractivity contribution in [2.24, 2.45) is 0 Å². The van der Waals surface area contributed by atoms with Crippen molar-refractivity contribution in [1.82, 2.24) is 24.1 Å². The highest BCUT2D eigenvalue weighted by Gasteiger charge is 2.25. The van der Waals surface area contributed by atoms with E-state index in [1.54, 1.807) is 0 Å². The highest BCUT2D eigenvalue weighted by atomic mass is 32.1. The molecule has 4 heterocycles. The van der Waals surface area contributed by atoms with Crippen LogP contribution < -0.4 is 0 Å². The molecule has 0 aliphatic rings. The number of benzene rings is 9. The summed E-state index contributed by atoms with van der Waals surface area (Å²) in [6, 6.07) is 62.8. The number of hydrogen-bond donors (Lipinski definition) is 0. The van der Waals surface area contributed by atoms with E-state index in [1.807, 2.05) is 47.7 Å². The fourth-order valence-corrected chi connectivity index (χ4v) is 10.6. The van der Waals surface area contributed by atoms with Crippen molar-refractivity contribution in [2.75, 3.05) is 0 Å². The maximum Gasteiger partial charge on any atom is 0.238 e. The molecular weight excluding hydrogens is 715 g/mol. The lowest BCUT2D eigenvalue weighted by Crippen LogP contribution is -2.07. The molecule has 0 aliphatic carbocycles. The molecule has 0 N–H and O–H groups in total. The number of rotatable bonds is 4. The van der Waals surface area contributed by atoms with Crippen molar-refractivity contribution in [3.8, 4) is 34.4 Å². The second-order valence-corrected chi connectivity index (χ2v) is 15.8. The maximum absolute atomic E-state index is 5.30. The van der Waals surface area contributed by atoms with Crippen LogP contribution in [-0.2, 0) is 0 Å². The van der Waals surface area contributed by atoms with E-state index in [0.717, 1.165) is 44.0 Å². The molecule has 6 heteroatoms. The quantitative estimate of drug-likeness (QED) is 0.169. The topological polar surface area (TPSA) is 48.5 Å². The molecule has 0 aliphatic heterocycles. The molecule has 9 aromatic carbocycles. The van der Waals surface area contributed by atoms with E-state index in [1.165, 1.54) is 58.2 Å². The molecule has 0 atom stereocenters. The summed E-state index contributed by atoms with van der Waals surface area (Å²) in [4.78, 5) is 15.7. The minimum Gasteiger partial charge on any atom is -0.306 e. The van der Waals surface area contributed by atoms with Crippen molar-refractivity contribution < 1.29 is 0 Å². The van der Waals surface area contributed by atoms with Crippen LogP contribution in [0, 0.1) is 0 Å². The number of fused-ring (bicyclic) bond motifs is 10. The molecule has 0 amide bonds. The molecule has 5 nitrogen and oxygen atoms in total. The Morgan fingerprint density at radius 2 is 0.842 bits per heavy atom. The highest BCUT2D eigenvalue weighted by molar-refractivity contribution is 7.26. The van der Waals surface area contributed by atoms with E-state index >= 15 is 0 Å². The van der Waals surface area contributed by atoms with Gasteiger partial charge in [-0.2, -0.15) is 9.97 Å². The van der Waals surface area contributed by atoms with Gasteiger partial charge in [0.2, 0.25) is 5.95 Å². The van der Waals surface area contributed by atoms with Crippen LogP contribution in [-0.4, -0.2) is 24.1 Å². The minimum absolute atomic E-state index is 0.580. The number of nitrogens with zero attached hydrogens (tertiary/aromatic N) is 5. The van der Waals surface area contributed by atoms with Crippen LogP contribution in [0.2, 0.25) is 0 Å². The van der Waals surface area contributed by atoms with Crippen LogP contribution in [0.15, 0.2) is 176 Å². The van der Waals surface area contributed by atoms with Crippen LogP contribution in [0.4, 0.5) is 0 Å². The second-order valence-electron chi connectivity index (χ2n) is 14.7. The van der Waals surface area contributed by atoms with Crippen molar-refractivity contribution in [3.63, 3.8) is 0 Å². The van der Waals surface area contributed by atoms with E-state index in [-0.39, 0.29) is 0 Å². The third-order valence-electron chi connectivity index (χ3n) is 11.7. The lowest BCUT2D eigenvalue weighted by molar-refractivity contribution is 0.953. The van der Waals surface area contributed by atoms with Crippen molar-refractivity contribution in [3.05, 3.63) is 176 Å². The minimum atomic E-state index is 0.580. The Labute approximate surface area is 329 Å². The number of aromatic nitrogens is 5. The predicted octanol–water partition coefficient (Wildman–Crippen LogP) is 13.5. The van der Waals surface area contributed by atoms with Gasteiger partial charge in [-0.1, -0.05) is 152 Å². The molecule has 0 saturated carbocycles. The van der Waals surface area contributed by atoms with E-state index in [0.29, 0.717) is 17.6 Å². The SMILES string of the molecule is c1ccc(-c2nc(-c3ccccc3)nc(-n3c4ccccc4c4ccc5c6ccccc6n(-c6ccc7c8ccccc8c8cccc9sc6c7c98)c5c43)n2)cc1. The molecule has 0 fully saturated rings. The van der Waals surface area contributed by atoms with Crippen LogP contribution in [0.3, 0.4) is 0 Å². The van der Waals surface area contributed by atoms with E-state index in [9.17, 15) is 0 Å². The van der Waals surface area contributed by atoms with Gasteiger partial charge in [-0.05, 0) is 45.8 Å². The van der Waals surface area contributed by atoms with Crippen LogP contribution in [0.5, 0.6) is 0 Å². The second kappa shape index (κ2) is 11.6. The normalized spacial score (nSPS) is 12.2. The lowest BCUT2D eigenvalue weighted by atomic mass is 9.94. The van der Waals surface area contributed by atoms with Crippen molar-refractivity contribution in [2.45, 2.75) is 0 Å². The molecule has 13 aromatic rings. The average Bonchev–Trinajstić information content (AvgIpc) is 3.95. The molecule has 0 spiro atoms. The predicted molar refractivity (Wildman–Crippen MR) is 238 cm³/mol. The fraction of sp³-hybridized carbons (Fsp3) is 0. The zero-order valence-corrected chi connectivity index (χ0v) is 31.2. The maximum atomic E-state index is 5.30. The summed E-state index contributed by atoms with van der Waals surface area (Å²) < 4.78 is 7.37. The Kier molecular flexibility index (Phi) is 6.26. The van der Waals surface area contributed by atoms with Gasteiger partial charge in [0.25, 0.3) is 0 Å². The first kappa shape index (κ1) is 30.9. The Balaban J connectivity index is 1.21. The number of thiophene rings is 1. The smallest absolute Gasteiger partial charge is 0.238 e. The summed E-state index contributed by atoms with van der Waals surface area (Å²) in [5, 5.41) is 12.5. The third kappa shape index (κ3) is 4.25. The summed E-state index contributed by atoms with van der Waals surface area (Å²) in [5.41, 5.74) is 7.43. The first-order valence-corrected chi connectivity index (χ1v) is 20.0. The zero-order valence-electron chi connectivity index (χ0n) is 30.4. The summed E-state index contributed by atoms with van der Waals surface area (Å²) in [6.45, 7) is 0. The third-order valence-corrected chi connectivity index (χ3v) is 12.9. The van der Waals surface area contributed by atoms with Crippen molar-refractivity contribution in [1.29, 1.82) is 0 Å². The molecule has 0 saturated heterocycles. The summed E-state index contributed by atoms with van der Waals surface area (Å²) in [7, 11) is 0. The van der Waals surface area contributed by atoms with Crippen LogP contribution in [0.25, 0.3) is 120 Å². The fourth-order valence-electron chi connectivity index (χ4n) is 9.34. The van der Waals surface area contributed by atoms with Gasteiger partial charge in [-0.3, -0.25) is 4.57 Å². The van der Waals surface area contributed by atoms with Crippen molar-refractivity contribution >= 4 is 96.7 Å². The molecule has 0 bridgehead atoms. The largest absolute Gasteiger partial charge is 0.306 e. The van der Waals surface area contributed by atoms with E-state index in [2.05, 4.69) is 149 Å². The molecule has 13 rings (SSSR count). The van der Waals surface area contributed by atoms with Gasteiger partial charge in [-0.15, -0.1) is 11.3 Å². The van der Waals surface area contributed by atoms with Crippen LogP contribution >= 0.6 is 11.3 Å². The molecule has 0 radical (unpaired) electrons. The summed E-state index contributed by atoms with van der Waals surface area (Å²) in [5.74, 6) is 1.84. The van der Waals surface area contributed by atoms with Gasteiger partial charge in [0.1, 0.15) is 0 Å². The molecule has 0 unspecified atom stereocenters. The first-order valence-electron chi connectivity index (χ1n) is 19.2. The van der Waals surface area contributed by atoms with E-state index in [4.69, 9.17) is 15.0 Å². The Hall–Kier alpha value is -7.41. The summed E-state index contributed by atoms with van der Waals surface area (Å²) >= 11 is 1.89. The number of para-hydroxylation sites is 2. The van der Waals surface area contributed by atoms with Crippen LogP contribution in [0.1, 0.15) is 0 Å². The van der Waals surface area contributed by atoms with Gasteiger partial charge in [0.05, 0.1) is 32.5 Å². The monoisotopic (exact) mass is 743 g/mol. The Morgan fingerprint density at radius 1 is 0.351 bits per heavy atom. The van der Waals surface area contributed by atoms with Gasteiger partial charge < -0.3 is 4.57 Å². The zero-order chi connectivity index (χ0) is 37.2. The molecule has 264 valence electrons. The average molecular weight is 744 g/mol. The first-order chi connectivity index (χ1) is 28.3. The lowest BCUT2D eigenvalue weighted by Gasteiger charge is -2.15. The summed E-state index contributed by atoms with van der Waals surface area (Å²) in [6.07, 6.45) is 0. The van der Waals surface area contributed by atoms with Gasteiger partial charge in [-0.25, -0.2) is 4.98 Å². The van der Waals surface area contributed by atoms with Gasteiger partial charge >= 0.3 is 0 Å². The van der Waals surface area contributed by atoms with Gasteiger partial charge in [0, 0.05) is 48.1 Å². The van der Waals surface area contributed by atoms with E-state index < -0.39 is 0 Å². The van der Waals surface area contributed by atoms with Gasteiger partial charge in [0.15, 0.2) is 11.6 Å². The molecule has 57 heavy (non-hydrogen) atoms. The molecular formula is C51H29N5S. The standard InChI is InChI=1S/C51H29N5S/c1-3-14-30(15-4-1)49-52-50(31-16-5-2-6-17-31)54-51(53-49)56-41-24-12-10-21-35(41)39-27-26-38-34-20-9-11-23-40(34)55(46(38)47(39)56)42-29-28-37-33-19-8-7-18-32(33)36-22-13-25-43-44(36)45(37)48(42)57-43/h1-29H. The Morgan fingerprint density at radius 3 is 1.47 bits per heavy atom. The molecule has 4 aromatic heterocycles. The highest BCUT2D eigenvalue weighted by Crippen LogP contribution is 2.49. The Bertz CT molecular complexity index is 3690. The number of hydrogen-bond acceptors (Lipinski definition) is 4.